The maximum absolute atomic E-state index is 13.0. The van der Waals surface area contributed by atoms with E-state index in [1.807, 2.05) is 42.5 Å². The molecule has 2 aromatic carbocycles. The third-order valence-corrected chi connectivity index (χ3v) is 7.03. The zero-order valence-corrected chi connectivity index (χ0v) is 18.9. The summed E-state index contributed by atoms with van der Waals surface area (Å²) in [4.78, 5) is 15.6. The van der Waals surface area contributed by atoms with Crippen LogP contribution in [-0.2, 0) is 0 Å². The number of aromatic nitrogens is 1. The molecule has 1 atom stereocenters. The topological polar surface area (TPSA) is 46.5 Å². The van der Waals surface area contributed by atoms with Crippen molar-refractivity contribution >= 4 is 16.8 Å². The Bertz CT molecular complexity index is 1070. The van der Waals surface area contributed by atoms with Gasteiger partial charge < -0.3 is 19.5 Å². The normalized spacial score (nSPS) is 19.2. The molecular formula is C27H33N3O2. The minimum Gasteiger partial charge on any atom is -0.494 e. The Labute approximate surface area is 190 Å². The van der Waals surface area contributed by atoms with Crippen molar-refractivity contribution in [1.29, 1.82) is 0 Å². The first-order valence-corrected chi connectivity index (χ1v) is 12.1. The Morgan fingerprint density at radius 3 is 2.59 bits per heavy atom. The summed E-state index contributed by atoms with van der Waals surface area (Å²) in [5.41, 5.74) is 2.70. The molecule has 32 heavy (non-hydrogen) atoms. The fraction of sp³-hybridized carbons (Fsp3) is 0.444. The molecular weight excluding hydrogens is 398 g/mol. The van der Waals surface area contributed by atoms with Gasteiger partial charge in [-0.1, -0.05) is 18.2 Å². The van der Waals surface area contributed by atoms with E-state index in [0.29, 0.717) is 17.8 Å². The molecule has 1 aliphatic heterocycles. The highest BCUT2D eigenvalue weighted by Gasteiger charge is 2.23. The zero-order valence-electron chi connectivity index (χ0n) is 18.9. The lowest BCUT2D eigenvalue weighted by molar-refractivity contribution is 0.0910. The number of benzene rings is 2. The molecule has 1 amide bonds. The summed E-state index contributed by atoms with van der Waals surface area (Å²) < 4.78 is 8.06. The summed E-state index contributed by atoms with van der Waals surface area (Å²) in [5, 5.41) is 4.26. The molecule has 5 nitrogen and oxygen atoms in total. The van der Waals surface area contributed by atoms with Crippen LogP contribution in [0.3, 0.4) is 0 Å². The highest BCUT2D eigenvalue weighted by molar-refractivity contribution is 6.00. The van der Waals surface area contributed by atoms with Gasteiger partial charge in [0, 0.05) is 29.7 Å². The summed E-state index contributed by atoms with van der Waals surface area (Å²) in [5.74, 6) is 0.877. The average Bonchev–Trinajstić information content (AvgIpc) is 3.37. The van der Waals surface area contributed by atoms with Gasteiger partial charge in [-0.3, -0.25) is 4.79 Å². The van der Waals surface area contributed by atoms with E-state index in [9.17, 15) is 4.79 Å². The lowest BCUT2D eigenvalue weighted by Crippen LogP contribution is -2.40. The molecule has 2 heterocycles. The molecule has 0 bridgehead atoms. The van der Waals surface area contributed by atoms with E-state index >= 15 is 0 Å². The third kappa shape index (κ3) is 4.40. The minimum atomic E-state index is 0.00219. The number of para-hydroxylation sites is 1. The van der Waals surface area contributed by atoms with Crippen LogP contribution < -0.4 is 10.1 Å². The zero-order chi connectivity index (χ0) is 21.9. The van der Waals surface area contributed by atoms with Gasteiger partial charge in [-0.2, -0.15) is 0 Å². The molecule has 1 aliphatic carbocycles. The highest BCUT2D eigenvalue weighted by Crippen LogP contribution is 2.27. The van der Waals surface area contributed by atoms with Gasteiger partial charge in [0.05, 0.1) is 12.1 Å². The van der Waals surface area contributed by atoms with Gasteiger partial charge in [-0.15, -0.1) is 0 Å². The van der Waals surface area contributed by atoms with Gasteiger partial charge in [0.1, 0.15) is 11.4 Å². The number of rotatable bonds is 8. The fourth-order valence-corrected chi connectivity index (χ4v) is 4.89. The quantitative estimate of drug-likeness (QED) is 0.501. The van der Waals surface area contributed by atoms with E-state index in [0.717, 1.165) is 54.8 Å². The summed E-state index contributed by atoms with van der Waals surface area (Å²) in [6, 6.07) is 19.3. The second-order valence-electron chi connectivity index (χ2n) is 9.25. The van der Waals surface area contributed by atoms with Crippen molar-refractivity contribution in [2.24, 2.45) is 0 Å². The van der Waals surface area contributed by atoms with Crippen molar-refractivity contribution in [3.05, 3.63) is 60.3 Å². The predicted molar refractivity (Wildman–Crippen MR) is 129 cm³/mol. The summed E-state index contributed by atoms with van der Waals surface area (Å²) in [7, 11) is 0. The molecule has 1 saturated carbocycles. The average molecular weight is 432 g/mol. The number of hydrogen-bond acceptors (Lipinski definition) is 3. The molecule has 5 heteroatoms. The molecule has 3 aromatic rings. The van der Waals surface area contributed by atoms with Gasteiger partial charge in [-0.25, -0.2) is 0 Å². The largest absolute Gasteiger partial charge is 0.494 e. The fourth-order valence-electron chi connectivity index (χ4n) is 4.89. The molecule has 5 rings (SSSR count). The number of ether oxygens (including phenoxy) is 1. The van der Waals surface area contributed by atoms with Crippen LogP contribution in [-0.4, -0.2) is 47.2 Å². The van der Waals surface area contributed by atoms with Gasteiger partial charge in [0.15, 0.2) is 0 Å². The summed E-state index contributed by atoms with van der Waals surface area (Å²) >= 11 is 0. The van der Waals surface area contributed by atoms with Crippen molar-refractivity contribution in [2.45, 2.75) is 57.5 Å². The van der Waals surface area contributed by atoms with Crippen LogP contribution in [0.4, 0.5) is 0 Å². The maximum atomic E-state index is 13.0. The number of amides is 1. The van der Waals surface area contributed by atoms with E-state index in [2.05, 4.69) is 33.8 Å². The van der Waals surface area contributed by atoms with Crippen molar-refractivity contribution in [3.8, 4) is 11.4 Å². The molecule has 1 N–H and O–H groups in total. The lowest BCUT2D eigenvalue weighted by atomic mass is 9.93. The summed E-state index contributed by atoms with van der Waals surface area (Å²) in [6.07, 6.45) is 7.03. The van der Waals surface area contributed by atoms with E-state index in [1.54, 1.807) is 0 Å². The first-order chi connectivity index (χ1) is 15.7. The van der Waals surface area contributed by atoms with Gasteiger partial charge in [0.2, 0.25) is 0 Å². The molecule has 168 valence electrons. The van der Waals surface area contributed by atoms with Crippen molar-refractivity contribution in [2.75, 3.05) is 19.7 Å². The molecule has 2 aliphatic rings. The monoisotopic (exact) mass is 431 g/mol. The van der Waals surface area contributed by atoms with Crippen LogP contribution in [0, 0.1) is 0 Å². The predicted octanol–water partition coefficient (Wildman–Crippen LogP) is 5.17. The van der Waals surface area contributed by atoms with Gasteiger partial charge in [0.25, 0.3) is 5.91 Å². The molecule has 1 aromatic heterocycles. The van der Waals surface area contributed by atoms with Crippen molar-refractivity contribution in [3.63, 3.8) is 0 Å². The van der Waals surface area contributed by atoms with E-state index in [1.165, 1.54) is 25.8 Å². The second kappa shape index (κ2) is 9.37. The molecule has 0 unspecified atom stereocenters. The standard InChI is InChI=1S/C27H33N3O2/c1-20-7-5-16-29(20)17-6-18-32-24-14-12-23(13-15-24)30-25-11-3-2-8-21(25)19-26(30)27(31)28-22-9-4-10-22/h2-3,8,11-15,19-20,22H,4-7,9-10,16-18H2,1H3,(H,28,31)/t20-/m1/s1. The minimum absolute atomic E-state index is 0.00219. The van der Waals surface area contributed by atoms with Crippen molar-refractivity contribution in [1.82, 2.24) is 14.8 Å². The second-order valence-corrected chi connectivity index (χ2v) is 9.25. The number of likely N-dealkylation sites (tertiary alicyclic amines) is 1. The SMILES string of the molecule is C[C@@H]1CCCN1CCCOc1ccc(-n2c(C(=O)NC3CCC3)cc3ccccc32)cc1. The first kappa shape index (κ1) is 21.1. The molecule has 0 spiro atoms. The molecule has 2 fully saturated rings. The molecule has 1 saturated heterocycles. The van der Waals surface area contributed by atoms with Crippen LogP contribution in [0.5, 0.6) is 5.75 Å². The maximum Gasteiger partial charge on any atom is 0.268 e. The first-order valence-electron chi connectivity index (χ1n) is 12.1. The van der Waals surface area contributed by atoms with Gasteiger partial charge in [-0.05, 0) is 88.4 Å². The number of carbonyl (C=O) groups is 1. The number of fused-ring (bicyclic) bond motifs is 1. The number of carbonyl (C=O) groups excluding carboxylic acids is 1. The Hall–Kier alpha value is -2.79. The Kier molecular flexibility index (Phi) is 6.17. The highest BCUT2D eigenvalue weighted by atomic mass is 16.5. The number of hydrogen-bond donors (Lipinski definition) is 1. The van der Waals surface area contributed by atoms with Crippen LogP contribution in [0.15, 0.2) is 54.6 Å². The summed E-state index contributed by atoms with van der Waals surface area (Å²) in [6.45, 7) is 5.37. The van der Waals surface area contributed by atoms with Crippen LogP contribution in [0.1, 0.15) is 55.9 Å². The van der Waals surface area contributed by atoms with Crippen LogP contribution in [0.25, 0.3) is 16.6 Å². The third-order valence-electron chi connectivity index (χ3n) is 7.03. The Morgan fingerprint density at radius 1 is 1.06 bits per heavy atom. The van der Waals surface area contributed by atoms with E-state index < -0.39 is 0 Å². The van der Waals surface area contributed by atoms with E-state index in [-0.39, 0.29) is 5.91 Å². The van der Waals surface area contributed by atoms with Gasteiger partial charge >= 0.3 is 0 Å². The number of nitrogens with one attached hydrogen (secondary N) is 1. The number of nitrogens with zero attached hydrogens (tertiary/aromatic N) is 2. The van der Waals surface area contributed by atoms with Crippen molar-refractivity contribution < 1.29 is 9.53 Å². The lowest BCUT2D eigenvalue weighted by Gasteiger charge is -2.26. The van der Waals surface area contributed by atoms with Crippen LogP contribution in [0.2, 0.25) is 0 Å². The Balaban J connectivity index is 1.29. The molecule has 0 radical (unpaired) electrons. The van der Waals surface area contributed by atoms with Crippen LogP contribution >= 0.6 is 0 Å². The smallest absolute Gasteiger partial charge is 0.268 e. The van der Waals surface area contributed by atoms with E-state index in [4.69, 9.17) is 4.74 Å². The Morgan fingerprint density at radius 2 is 1.88 bits per heavy atom.